The van der Waals surface area contributed by atoms with E-state index in [2.05, 4.69) is 5.32 Å². The molecule has 0 aliphatic heterocycles. The fourth-order valence-corrected chi connectivity index (χ4v) is 2.70. The molecule has 0 spiro atoms. The summed E-state index contributed by atoms with van der Waals surface area (Å²) in [5.41, 5.74) is 1.43. The van der Waals surface area contributed by atoms with Crippen molar-refractivity contribution in [1.29, 1.82) is 0 Å². The van der Waals surface area contributed by atoms with E-state index in [0.29, 0.717) is 5.56 Å². The highest BCUT2D eigenvalue weighted by Gasteiger charge is 2.19. The van der Waals surface area contributed by atoms with E-state index >= 15 is 0 Å². The van der Waals surface area contributed by atoms with Crippen molar-refractivity contribution in [2.24, 2.45) is 0 Å². The van der Waals surface area contributed by atoms with Gasteiger partial charge in [-0.25, -0.2) is 4.79 Å². The molecule has 0 aliphatic carbocycles. The van der Waals surface area contributed by atoms with Crippen molar-refractivity contribution in [2.45, 2.75) is 12.5 Å². The smallest absolute Gasteiger partial charge is 0.326 e. The van der Waals surface area contributed by atoms with Crippen LogP contribution in [0.15, 0.2) is 78.9 Å². The van der Waals surface area contributed by atoms with Crippen molar-refractivity contribution in [2.75, 3.05) is 0 Å². The van der Waals surface area contributed by atoms with Gasteiger partial charge in [0, 0.05) is 5.56 Å². The van der Waals surface area contributed by atoms with E-state index in [1.807, 2.05) is 66.7 Å². The van der Waals surface area contributed by atoms with Crippen molar-refractivity contribution in [3.63, 3.8) is 0 Å². The van der Waals surface area contributed by atoms with E-state index in [4.69, 9.17) is 0 Å². The highest BCUT2D eigenvalue weighted by molar-refractivity contribution is 6.00. The zero-order valence-corrected chi connectivity index (χ0v) is 14.1. The summed E-state index contributed by atoms with van der Waals surface area (Å²) in [5.74, 6) is -1.45. The van der Waals surface area contributed by atoms with Gasteiger partial charge in [-0.3, -0.25) is 4.79 Å². The van der Waals surface area contributed by atoms with Crippen molar-refractivity contribution in [1.82, 2.24) is 5.32 Å². The lowest BCUT2D eigenvalue weighted by molar-refractivity contribution is -0.139. The van der Waals surface area contributed by atoms with Gasteiger partial charge in [-0.05, 0) is 34.9 Å². The van der Waals surface area contributed by atoms with Crippen molar-refractivity contribution >= 4 is 28.7 Å². The molecule has 0 radical (unpaired) electrons. The van der Waals surface area contributed by atoms with Crippen LogP contribution < -0.4 is 5.32 Å². The van der Waals surface area contributed by atoms with Crippen LogP contribution in [0.4, 0.5) is 0 Å². The quantitative estimate of drug-likeness (QED) is 0.706. The first kappa shape index (κ1) is 17.4. The number of hydrogen-bond acceptors (Lipinski definition) is 2. The van der Waals surface area contributed by atoms with Gasteiger partial charge in [0.1, 0.15) is 6.04 Å². The van der Waals surface area contributed by atoms with Gasteiger partial charge in [0.2, 0.25) is 0 Å². The molecule has 26 heavy (non-hydrogen) atoms. The number of carboxylic acids is 1. The van der Waals surface area contributed by atoms with Gasteiger partial charge in [-0.2, -0.15) is 0 Å². The third-order valence-electron chi connectivity index (χ3n) is 4.10. The molecule has 0 unspecified atom stereocenters. The highest BCUT2D eigenvalue weighted by Crippen LogP contribution is 2.16. The first-order valence-electron chi connectivity index (χ1n) is 8.37. The molecule has 0 fully saturated rings. The molecule has 0 saturated carbocycles. The fourth-order valence-electron chi connectivity index (χ4n) is 2.70. The van der Waals surface area contributed by atoms with E-state index in [-0.39, 0.29) is 6.42 Å². The van der Waals surface area contributed by atoms with E-state index in [1.54, 1.807) is 18.2 Å². The third-order valence-corrected chi connectivity index (χ3v) is 4.10. The average molecular weight is 345 g/mol. The number of nitrogens with one attached hydrogen (secondary N) is 1. The topological polar surface area (TPSA) is 66.4 Å². The van der Waals surface area contributed by atoms with Crippen molar-refractivity contribution in [3.05, 3.63) is 90.0 Å². The van der Waals surface area contributed by atoms with E-state index in [0.717, 1.165) is 16.3 Å². The molecule has 3 aromatic carbocycles. The summed E-state index contributed by atoms with van der Waals surface area (Å²) in [6, 6.07) is 21.7. The number of fused-ring (bicyclic) bond motifs is 1. The minimum Gasteiger partial charge on any atom is -0.480 e. The molecule has 1 amide bonds. The Bertz CT molecular complexity index is 948. The Balaban J connectivity index is 1.69. The summed E-state index contributed by atoms with van der Waals surface area (Å²) < 4.78 is 0. The van der Waals surface area contributed by atoms with Crippen LogP contribution in [0.3, 0.4) is 0 Å². The van der Waals surface area contributed by atoms with Crippen LogP contribution in [0.25, 0.3) is 16.8 Å². The summed E-state index contributed by atoms with van der Waals surface area (Å²) in [5, 5.41) is 14.0. The highest BCUT2D eigenvalue weighted by atomic mass is 16.4. The molecular formula is C22H19NO3. The van der Waals surface area contributed by atoms with Crippen LogP contribution >= 0.6 is 0 Å². The minimum absolute atomic E-state index is 0.212. The number of aliphatic carboxylic acids is 1. The molecule has 3 aromatic rings. The van der Waals surface area contributed by atoms with Gasteiger partial charge in [0.05, 0.1) is 0 Å². The number of hydrogen-bond donors (Lipinski definition) is 2. The zero-order valence-electron chi connectivity index (χ0n) is 14.1. The molecular weight excluding hydrogens is 326 g/mol. The van der Waals surface area contributed by atoms with Gasteiger partial charge < -0.3 is 10.4 Å². The van der Waals surface area contributed by atoms with Crippen LogP contribution in [0.2, 0.25) is 0 Å². The van der Waals surface area contributed by atoms with Gasteiger partial charge in [-0.15, -0.1) is 0 Å². The number of carbonyl (C=O) groups excluding carboxylic acids is 1. The fraction of sp³-hybridized carbons (Fsp3) is 0.0909. The van der Waals surface area contributed by atoms with Gasteiger partial charge in [0.15, 0.2) is 0 Å². The van der Waals surface area contributed by atoms with Crippen LogP contribution in [-0.2, 0) is 4.79 Å². The Morgan fingerprint density at radius 1 is 0.923 bits per heavy atom. The second kappa shape index (κ2) is 8.12. The molecule has 0 heterocycles. The lowest BCUT2D eigenvalue weighted by Crippen LogP contribution is -2.40. The molecule has 4 heteroatoms. The predicted molar refractivity (Wildman–Crippen MR) is 103 cm³/mol. The number of carboxylic acid groups (broad SMARTS) is 1. The van der Waals surface area contributed by atoms with Crippen LogP contribution in [0.1, 0.15) is 22.3 Å². The normalized spacial score (nSPS) is 12.2. The van der Waals surface area contributed by atoms with E-state index < -0.39 is 17.9 Å². The second-order valence-electron chi connectivity index (χ2n) is 5.97. The Labute approximate surface area is 151 Å². The Morgan fingerprint density at radius 2 is 1.62 bits per heavy atom. The predicted octanol–water partition coefficient (Wildman–Crippen LogP) is 4.13. The monoisotopic (exact) mass is 345 g/mol. The standard InChI is InChI=1S/C22H19NO3/c24-21(19-14-13-17-10-4-5-11-18(17)15-19)23-20(22(25)26)12-6-9-16-7-2-1-3-8-16/h1-11,13-15,20H,12H2,(H,23,24)(H,25,26)/b9-6+/t20-/m0/s1. The Morgan fingerprint density at radius 3 is 2.35 bits per heavy atom. The van der Waals surface area contributed by atoms with Crippen LogP contribution in [-0.4, -0.2) is 23.0 Å². The molecule has 3 rings (SSSR count). The molecule has 130 valence electrons. The van der Waals surface area contributed by atoms with Gasteiger partial charge in [-0.1, -0.05) is 72.8 Å². The Kier molecular flexibility index (Phi) is 5.44. The molecule has 0 aliphatic rings. The SMILES string of the molecule is O=C(N[C@@H](C/C=C/c1ccccc1)C(=O)O)c1ccc2ccccc2c1. The van der Waals surface area contributed by atoms with Crippen LogP contribution in [0.5, 0.6) is 0 Å². The van der Waals surface area contributed by atoms with Gasteiger partial charge in [0.25, 0.3) is 5.91 Å². The summed E-state index contributed by atoms with van der Waals surface area (Å²) in [6.07, 6.45) is 3.82. The summed E-state index contributed by atoms with van der Waals surface area (Å²) in [4.78, 5) is 23.9. The first-order valence-corrected chi connectivity index (χ1v) is 8.37. The molecule has 0 bridgehead atoms. The lowest BCUT2D eigenvalue weighted by Gasteiger charge is -2.13. The number of carbonyl (C=O) groups is 2. The Hall–Kier alpha value is -3.40. The van der Waals surface area contributed by atoms with Gasteiger partial charge >= 0.3 is 5.97 Å². The third kappa shape index (κ3) is 4.36. The maximum atomic E-state index is 12.4. The zero-order chi connectivity index (χ0) is 18.4. The second-order valence-corrected chi connectivity index (χ2v) is 5.97. The summed E-state index contributed by atoms with van der Waals surface area (Å²) >= 11 is 0. The summed E-state index contributed by atoms with van der Waals surface area (Å²) in [6.45, 7) is 0. The molecule has 0 saturated heterocycles. The van der Waals surface area contributed by atoms with Crippen LogP contribution in [0, 0.1) is 0 Å². The lowest BCUT2D eigenvalue weighted by atomic mass is 10.1. The maximum Gasteiger partial charge on any atom is 0.326 e. The number of amides is 1. The van der Waals surface area contributed by atoms with Crippen molar-refractivity contribution < 1.29 is 14.7 Å². The minimum atomic E-state index is -1.06. The number of rotatable bonds is 6. The maximum absolute atomic E-state index is 12.4. The molecule has 2 N–H and O–H groups in total. The number of benzene rings is 3. The van der Waals surface area contributed by atoms with E-state index in [1.165, 1.54) is 0 Å². The molecule has 0 aromatic heterocycles. The first-order chi connectivity index (χ1) is 12.6. The van der Waals surface area contributed by atoms with E-state index in [9.17, 15) is 14.7 Å². The largest absolute Gasteiger partial charge is 0.480 e. The molecule has 4 nitrogen and oxygen atoms in total. The van der Waals surface area contributed by atoms with Crippen molar-refractivity contribution in [3.8, 4) is 0 Å². The summed E-state index contributed by atoms with van der Waals surface area (Å²) in [7, 11) is 0. The average Bonchev–Trinajstić information content (AvgIpc) is 2.67. The molecule has 1 atom stereocenters.